The minimum Gasteiger partial charge on any atom is -0.290 e. The normalized spacial score (nSPS) is 14.0. The van der Waals surface area contributed by atoms with Crippen LogP contribution in [-0.4, -0.2) is 31.1 Å². The number of hydrogen-bond acceptors (Lipinski definition) is 4. The second-order valence-electron chi connectivity index (χ2n) is 7.70. The molecule has 2 heterocycles. The van der Waals surface area contributed by atoms with E-state index in [0.29, 0.717) is 5.57 Å². The average molecular weight is 420 g/mol. The Bertz CT molecular complexity index is 1280. The van der Waals surface area contributed by atoms with E-state index < -0.39 is 5.66 Å². The van der Waals surface area contributed by atoms with E-state index >= 15 is 0 Å². The van der Waals surface area contributed by atoms with Crippen LogP contribution in [-0.2, 0) is 15.3 Å². The van der Waals surface area contributed by atoms with Gasteiger partial charge in [-0.15, -0.1) is 0 Å². The van der Waals surface area contributed by atoms with Crippen molar-refractivity contribution in [2.75, 3.05) is 0 Å². The highest BCUT2D eigenvalue weighted by atomic mass is 16.1. The van der Waals surface area contributed by atoms with Gasteiger partial charge < -0.3 is 0 Å². The van der Waals surface area contributed by atoms with Gasteiger partial charge in [-0.05, 0) is 37.3 Å². The molecule has 156 valence electrons. The number of carbonyl (C=O) groups is 2. The van der Waals surface area contributed by atoms with Crippen LogP contribution in [0.2, 0.25) is 0 Å². The van der Waals surface area contributed by atoms with E-state index in [2.05, 4.69) is 0 Å². The summed E-state index contributed by atoms with van der Waals surface area (Å²) in [4.78, 5) is 25.1. The first kappa shape index (κ1) is 19.6. The van der Waals surface area contributed by atoms with E-state index in [1.807, 2.05) is 92.1 Å². The Kier molecular flexibility index (Phi) is 4.75. The second kappa shape index (κ2) is 7.74. The van der Waals surface area contributed by atoms with Crippen LogP contribution in [0.15, 0.2) is 109 Å². The van der Waals surface area contributed by atoms with Crippen molar-refractivity contribution >= 4 is 11.6 Å². The third-order valence-electron chi connectivity index (χ3n) is 5.67. The highest BCUT2D eigenvalue weighted by molar-refractivity contribution is 6.18. The number of hydrogen-bond donors (Lipinski definition) is 0. The summed E-state index contributed by atoms with van der Waals surface area (Å²) < 4.78 is 3.38. The molecule has 0 amide bonds. The van der Waals surface area contributed by atoms with E-state index in [4.69, 9.17) is 10.2 Å². The number of ketones is 2. The first-order chi connectivity index (χ1) is 15.6. The molecule has 0 saturated heterocycles. The van der Waals surface area contributed by atoms with Gasteiger partial charge in [0.25, 0.3) is 0 Å². The van der Waals surface area contributed by atoms with Gasteiger partial charge in [-0.25, -0.2) is 9.36 Å². The first-order valence-electron chi connectivity index (χ1n) is 10.3. The van der Waals surface area contributed by atoms with E-state index in [-0.39, 0.29) is 11.6 Å². The third-order valence-corrected chi connectivity index (χ3v) is 5.67. The Morgan fingerprint density at radius 2 is 1.19 bits per heavy atom. The number of rotatable bonds is 5. The fraction of sp³-hybridized carbons (Fsp3) is 0.0769. The maximum atomic E-state index is 12.9. The monoisotopic (exact) mass is 420 g/mol. The van der Waals surface area contributed by atoms with Crippen LogP contribution in [0, 0.1) is 0 Å². The van der Waals surface area contributed by atoms with Crippen LogP contribution in [0.5, 0.6) is 0 Å². The molecule has 6 nitrogen and oxygen atoms in total. The molecule has 1 aliphatic rings. The van der Waals surface area contributed by atoms with Crippen molar-refractivity contribution in [3.8, 4) is 22.5 Å². The maximum Gasteiger partial charge on any atom is 0.186 e. The minimum absolute atomic E-state index is 0.239. The molecule has 0 unspecified atom stereocenters. The average Bonchev–Trinajstić information content (AvgIpc) is 3.52. The van der Waals surface area contributed by atoms with Crippen molar-refractivity contribution in [2.24, 2.45) is 0 Å². The lowest BCUT2D eigenvalue weighted by Gasteiger charge is -2.33. The molecule has 0 saturated carbocycles. The Balaban J connectivity index is 1.66. The molecule has 32 heavy (non-hydrogen) atoms. The van der Waals surface area contributed by atoms with Gasteiger partial charge in [0.1, 0.15) is 0 Å². The largest absolute Gasteiger partial charge is 0.290 e. The van der Waals surface area contributed by atoms with E-state index in [0.717, 1.165) is 22.5 Å². The lowest BCUT2D eigenvalue weighted by Crippen LogP contribution is -2.44. The summed E-state index contributed by atoms with van der Waals surface area (Å²) in [6.45, 7) is 1.84. The van der Waals surface area contributed by atoms with Crippen LogP contribution in [0.1, 0.15) is 6.92 Å². The predicted molar refractivity (Wildman–Crippen MR) is 122 cm³/mol. The summed E-state index contributed by atoms with van der Waals surface area (Å²) in [6.07, 6.45) is 7.57. The summed E-state index contributed by atoms with van der Waals surface area (Å²) in [5.41, 5.74) is 2.60. The van der Waals surface area contributed by atoms with Gasteiger partial charge >= 0.3 is 0 Å². The van der Waals surface area contributed by atoms with Gasteiger partial charge in [0.15, 0.2) is 17.2 Å². The molecule has 0 radical (unpaired) electrons. The van der Waals surface area contributed by atoms with Crippen LogP contribution in [0.25, 0.3) is 22.5 Å². The molecule has 2 aromatic heterocycles. The molecule has 5 rings (SSSR count). The van der Waals surface area contributed by atoms with Gasteiger partial charge in [0.05, 0.1) is 17.0 Å². The molecule has 0 aliphatic heterocycles. The van der Waals surface area contributed by atoms with E-state index in [9.17, 15) is 9.59 Å². The lowest BCUT2D eigenvalue weighted by atomic mass is 9.92. The zero-order valence-corrected chi connectivity index (χ0v) is 17.4. The van der Waals surface area contributed by atoms with Crippen molar-refractivity contribution in [3.05, 3.63) is 109 Å². The van der Waals surface area contributed by atoms with Crippen molar-refractivity contribution < 1.29 is 9.59 Å². The van der Waals surface area contributed by atoms with Crippen molar-refractivity contribution in [1.82, 2.24) is 19.6 Å². The summed E-state index contributed by atoms with van der Waals surface area (Å²) in [5, 5.41) is 9.55. The topological polar surface area (TPSA) is 69.8 Å². The Labute approximate surface area is 185 Å². The molecule has 0 fully saturated rings. The van der Waals surface area contributed by atoms with Crippen LogP contribution in [0.3, 0.4) is 0 Å². The Hall–Kier alpha value is -4.32. The maximum absolute atomic E-state index is 12.9. The Morgan fingerprint density at radius 1 is 0.688 bits per heavy atom. The van der Waals surface area contributed by atoms with Crippen molar-refractivity contribution in [1.29, 1.82) is 0 Å². The van der Waals surface area contributed by atoms with E-state index in [1.165, 1.54) is 18.2 Å². The molecule has 1 aliphatic carbocycles. The molecule has 6 heteroatoms. The zero-order valence-electron chi connectivity index (χ0n) is 17.4. The molecule has 0 bridgehead atoms. The van der Waals surface area contributed by atoms with Crippen LogP contribution in [0.4, 0.5) is 0 Å². The van der Waals surface area contributed by atoms with Crippen molar-refractivity contribution in [2.45, 2.75) is 12.6 Å². The summed E-state index contributed by atoms with van der Waals surface area (Å²) in [7, 11) is 0. The number of aromatic nitrogens is 4. The molecule has 2 aromatic carbocycles. The molecular formula is C26H20N4O2. The number of benzene rings is 2. The third kappa shape index (κ3) is 3.32. The van der Waals surface area contributed by atoms with Crippen LogP contribution < -0.4 is 0 Å². The van der Waals surface area contributed by atoms with Crippen molar-refractivity contribution in [3.63, 3.8) is 0 Å². The number of carbonyl (C=O) groups excluding carboxylic acids is 2. The van der Waals surface area contributed by atoms with Gasteiger partial charge in [-0.1, -0.05) is 60.7 Å². The molecule has 0 atom stereocenters. The summed E-state index contributed by atoms with van der Waals surface area (Å²) in [6, 6.07) is 23.4. The number of allylic oxidation sites excluding steroid dienone is 4. The second-order valence-corrected chi connectivity index (χ2v) is 7.70. The van der Waals surface area contributed by atoms with Gasteiger partial charge in [0.2, 0.25) is 0 Å². The minimum atomic E-state index is -1.14. The zero-order chi connectivity index (χ0) is 22.1. The highest BCUT2D eigenvalue weighted by Gasteiger charge is 2.39. The van der Waals surface area contributed by atoms with Gasteiger partial charge in [0, 0.05) is 23.5 Å². The summed E-state index contributed by atoms with van der Waals surface area (Å²) in [5.74, 6) is -0.489. The SMILES string of the molecule is CC(C1=CC(=O)C=CC1=O)(n1ccc(-c2ccccc2)n1)n1ccc(-c2ccccc2)n1. The molecule has 0 N–H and O–H groups in total. The number of nitrogens with zero attached hydrogens (tertiary/aromatic N) is 4. The quantitative estimate of drug-likeness (QED) is 0.452. The smallest absolute Gasteiger partial charge is 0.186 e. The molecule has 0 spiro atoms. The van der Waals surface area contributed by atoms with Gasteiger partial charge in [-0.2, -0.15) is 10.2 Å². The first-order valence-corrected chi connectivity index (χ1v) is 10.3. The van der Waals surface area contributed by atoms with Gasteiger partial charge in [-0.3, -0.25) is 9.59 Å². The molecule has 4 aromatic rings. The molecular weight excluding hydrogens is 400 g/mol. The standard InChI is InChI=1S/C26H20N4O2/c1-26(22-18-21(31)12-13-25(22)32,29-16-14-23(27-29)19-8-4-2-5-9-19)30-17-15-24(28-30)20-10-6-3-7-11-20/h2-18H,1H3. The lowest BCUT2D eigenvalue weighted by molar-refractivity contribution is -0.115. The van der Waals surface area contributed by atoms with Crippen LogP contribution >= 0.6 is 0 Å². The summed E-state index contributed by atoms with van der Waals surface area (Å²) >= 11 is 0. The highest BCUT2D eigenvalue weighted by Crippen LogP contribution is 2.32. The fourth-order valence-electron chi connectivity index (χ4n) is 3.89. The fourth-order valence-corrected chi connectivity index (χ4v) is 3.89. The Morgan fingerprint density at radius 3 is 1.69 bits per heavy atom. The van der Waals surface area contributed by atoms with E-state index in [1.54, 1.807) is 9.36 Å². The predicted octanol–water partition coefficient (Wildman–Crippen LogP) is 4.27.